The molecule has 0 aliphatic heterocycles. The van der Waals surface area contributed by atoms with Crippen LogP contribution in [-0.2, 0) is 0 Å². The number of alkyl halides is 2. The fourth-order valence-corrected chi connectivity index (χ4v) is 1.66. The van der Waals surface area contributed by atoms with E-state index in [1.165, 1.54) is 0 Å². The Morgan fingerprint density at radius 3 is 2.18 bits per heavy atom. The summed E-state index contributed by atoms with van der Waals surface area (Å²) in [6.45, 7) is 5.29. The molecule has 0 fully saturated rings. The lowest BCUT2D eigenvalue weighted by Gasteiger charge is -2.27. The van der Waals surface area contributed by atoms with Crippen molar-refractivity contribution in [3.63, 3.8) is 0 Å². The van der Waals surface area contributed by atoms with Crippen LogP contribution < -0.4 is 5.32 Å². The highest BCUT2D eigenvalue weighted by Crippen LogP contribution is 2.26. The molecule has 1 aromatic rings. The predicted molar refractivity (Wildman–Crippen MR) is 67.7 cm³/mol. The maximum absolute atomic E-state index is 12.1. The second-order valence-corrected chi connectivity index (χ2v) is 5.49. The molecular formula is C12H17F2NOS. The number of thioether (sulfide) groups is 1. The van der Waals surface area contributed by atoms with Gasteiger partial charge in [-0.15, -0.1) is 0 Å². The Hall–Kier alpha value is -0.810. The molecule has 2 nitrogen and oxygen atoms in total. The molecule has 17 heavy (non-hydrogen) atoms. The molecule has 1 atom stereocenters. The summed E-state index contributed by atoms with van der Waals surface area (Å²) in [5, 5.41) is 12.9. The van der Waals surface area contributed by atoms with Crippen molar-refractivity contribution < 1.29 is 13.9 Å². The van der Waals surface area contributed by atoms with E-state index in [9.17, 15) is 13.9 Å². The maximum atomic E-state index is 12.1. The van der Waals surface area contributed by atoms with E-state index in [1.54, 1.807) is 38.1 Å². The summed E-state index contributed by atoms with van der Waals surface area (Å²) in [5.41, 5.74) is -0.0330. The smallest absolute Gasteiger partial charge is 0.288 e. The fraction of sp³-hybridized carbons (Fsp3) is 0.500. The molecule has 5 heteroatoms. The van der Waals surface area contributed by atoms with Crippen molar-refractivity contribution in [2.45, 2.75) is 43.1 Å². The number of anilines is 1. The summed E-state index contributed by atoms with van der Waals surface area (Å²) >= 11 is 0.521. The zero-order valence-corrected chi connectivity index (χ0v) is 10.9. The molecule has 0 saturated carbocycles. The van der Waals surface area contributed by atoms with Crippen LogP contribution in [0.1, 0.15) is 20.8 Å². The Morgan fingerprint density at radius 2 is 1.76 bits per heavy atom. The Balaban J connectivity index is 2.62. The van der Waals surface area contributed by atoms with Gasteiger partial charge in [0, 0.05) is 10.6 Å². The highest BCUT2D eigenvalue weighted by atomic mass is 32.2. The van der Waals surface area contributed by atoms with Crippen LogP contribution in [0.4, 0.5) is 14.5 Å². The van der Waals surface area contributed by atoms with Gasteiger partial charge in [0.05, 0.1) is 11.6 Å². The van der Waals surface area contributed by atoms with E-state index in [2.05, 4.69) is 5.32 Å². The molecule has 0 aliphatic rings. The largest absolute Gasteiger partial charge is 0.388 e. The van der Waals surface area contributed by atoms with Crippen LogP contribution >= 0.6 is 11.8 Å². The van der Waals surface area contributed by atoms with Gasteiger partial charge in [0.2, 0.25) is 0 Å². The lowest BCUT2D eigenvalue weighted by Crippen LogP contribution is -2.39. The summed E-state index contributed by atoms with van der Waals surface area (Å²) in [6.07, 6.45) is 0. The normalized spacial score (nSPS) is 13.8. The van der Waals surface area contributed by atoms with Gasteiger partial charge in [-0.05, 0) is 45.0 Å². The first-order chi connectivity index (χ1) is 7.79. The lowest BCUT2D eigenvalue weighted by atomic mass is 10.0. The fourth-order valence-electron chi connectivity index (χ4n) is 1.16. The SMILES string of the molecule is CC(Nc1ccc(SC(F)F)cc1)C(C)(C)O. The first-order valence-electron chi connectivity index (χ1n) is 5.33. The van der Waals surface area contributed by atoms with Gasteiger partial charge in [-0.1, -0.05) is 11.8 Å². The minimum Gasteiger partial charge on any atom is -0.388 e. The minimum absolute atomic E-state index is 0.129. The van der Waals surface area contributed by atoms with Crippen molar-refractivity contribution in [3.05, 3.63) is 24.3 Å². The van der Waals surface area contributed by atoms with Gasteiger partial charge in [-0.25, -0.2) is 0 Å². The third-order valence-electron chi connectivity index (χ3n) is 2.52. The van der Waals surface area contributed by atoms with Crippen LogP contribution in [0, 0.1) is 0 Å². The Morgan fingerprint density at radius 1 is 1.24 bits per heavy atom. The van der Waals surface area contributed by atoms with Crippen LogP contribution in [0.3, 0.4) is 0 Å². The lowest BCUT2D eigenvalue weighted by molar-refractivity contribution is 0.0649. The van der Waals surface area contributed by atoms with E-state index in [0.717, 1.165) is 5.69 Å². The number of rotatable bonds is 5. The van der Waals surface area contributed by atoms with Gasteiger partial charge in [0.15, 0.2) is 0 Å². The third-order valence-corrected chi connectivity index (χ3v) is 3.24. The first kappa shape index (κ1) is 14.3. The standard InChI is InChI=1S/C12H17F2NOS/c1-8(12(2,3)16)15-9-4-6-10(7-5-9)17-11(13)14/h4-8,11,15-16H,1-3H3. The van der Waals surface area contributed by atoms with Crippen molar-refractivity contribution >= 4 is 17.4 Å². The minimum atomic E-state index is -2.40. The zero-order valence-electron chi connectivity index (χ0n) is 10.1. The maximum Gasteiger partial charge on any atom is 0.288 e. The van der Waals surface area contributed by atoms with Crippen LogP contribution in [0.25, 0.3) is 0 Å². The molecule has 0 aromatic heterocycles. The quantitative estimate of drug-likeness (QED) is 0.795. The third kappa shape index (κ3) is 4.91. The molecule has 0 amide bonds. The average molecular weight is 261 g/mol. The van der Waals surface area contributed by atoms with E-state index < -0.39 is 11.4 Å². The number of nitrogens with one attached hydrogen (secondary N) is 1. The summed E-state index contributed by atoms with van der Waals surface area (Å²) in [7, 11) is 0. The van der Waals surface area contributed by atoms with E-state index in [4.69, 9.17) is 0 Å². The number of hydrogen-bond donors (Lipinski definition) is 2. The molecule has 0 aliphatic carbocycles. The van der Waals surface area contributed by atoms with Gasteiger partial charge < -0.3 is 10.4 Å². The molecule has 2 N–H and O–H groups in total. The molecule has 0 bridgehead atoms. The Labute approximate surface area is 104 Å². The average Bonchev–Trinajstić information content (AvgIpc) is 2.18. The van der Waals surface area contributed by atoms with Crippen LogP contribution in [0.5, 0.6) is 0 Å². The van der Waals surface area contributed by atoms with Crippen LogP contribution in [0.2, 0.25) is 0 Å². The summed E-state index contributed by atoms with van der Waals surface area (Å²) in [5.74, 6) is -2.40. The summed E-state index contributed by atoms with van der Waals surface area (Å²) in [4.78, 5) is 0.529. The molecule has 1 aromatic carbocycles. The molecule has 0 saturated heterocycles. The van der Waals surface area contributed by atoms with E-state index in [0.29, 0.717) is 16.7 Å². The van der Waals surface area contributed by atoms with Gasteiger partial charge in [0.25, 0.3) is 5.76 Å². The molecule has 0 radical (unpaired) electrons. The van der Waals surface area contributed by atoms with E-state index in [1.807, 2.05) is 6.92 Å². The Bertz CT molecular complexity index is 349. The van der Waals surface area contributed by atoms with Crippen LogP contribution in [-0.4, -0.2) is 22.5 Å². The van der Waals surface area contributed by atoms with Gasteiger partial charge in [0.1, 0.15) is 0 Å². The number of aliphatic hydroxyl groups is 1. The van der Waals surface area contributed by atoms with E-state index >= 15 is 0 Å². The monoisotopic (exact) mass is 261 g/mol. The van der Waals surface area contributed by atoms with Gasteiger partial charge in [-0.2, -0.15) is 8.78 Å². The predicted octanol–water partition coefficient (Wildman–Crippen LogP) is 3.57. The van der Waals surface area contributed by atoms with Crippen molar-refractivity contribution in [1.82, 2.24) is 0 Å². The highest BCUT2D eigenvalue weighted by Gasteiger charge is 2.21. The van der Waals surface area contributed by atoms with Crippen molar-refractivity contribution in [2.75, 3.05) is 5.32 Å². The van der Waals surface area contributed by atoms with Gasteiger partial charge in [-0.3, -0.25) is 0 Å². The first-order valence-corrected chi connectivity index (χ1v) is 6.21. The topological polar surface area (TPSA) is 32.3 Å². The highest BCUT2D eigenvalue weighted by molar-refractivity contribution is 7.99. The number of halogens is 2. The summed E-state index contributed by atoms with van der Waals surface area (Å²) < 4.78 is 24.2. The van der Waals surface area contributed by atoms with Crippen molar-refractivity contribution in [1.29, 1.82) is 0 Å². The molecule has 0 heterocycles. The number of hydrogen-bond acceptors (Lipinski definition) is 3. The van der Waals surface area contributed by atoms with E-state index in [-0.39, 0.29) is 6.04 Å². The summed E-state index contributed by atoms with van der Waals surface area (Å²) in [6, 6.07) is 6.60. The van der Waals surface area contributed by atoms with Crippen molar-refractivity contribution in [3.8, 4) is 0 Å². The second kappa shape index (κ2) is 5.69. The number of benzene rings is 1. The van der Waals surface area contributed by atoms with Gasteiger partial charge >= 0.3 is 0 Å². The molecule has 96 valence electrons. The Kier molecular flexibility index (Phi) is 4.77. The second-order valence-electron chi connectivity index (χ2n) is 4.42. The van der Waals surface area contributed by atoms with Crippen molar-refractivity contribution in [2.24, 2.45) is 0 Å². The zero-order chi connectivity index (χ0) is 13.1. The van der Waals surface area contributed by atoms with Crippen LogP contribution in [0.15, 0.2) is 29.2 Å². The molecular weight excluding hydrogens is 244 g/mol. The molecule has 1 unspecified atom stereocenters. The molecule has 1 rings (SSSR count). The molecule has 0 spiro atoms.